The van der Waals surface area contributed by atoms with E-state index in [2.05, 4.69) is 5.32 Å². The van der Waals surface area contributed by atoms with Crippen molar-refractivity contribution in [2.45, 2.75) is 51.4 Å². The zero-order valence-corrected chi connectivity index (χ0v) is 16.4. The maximum Gasteiger partial charge on any atom is 0.364 e. The summed E-state index contributed by atoms with van der Waals surface area (Å²) in [7, 11) is 0. The lowest BCUT2D eigenvalue weighted by Gasteiger charge is -2.34. The first-order valence-corrected chi connectivity index (χ1v) is 9.43. The molecule has 9 heteroatoms. The molecule has 0 aliphatic carbocycles. The van der Waals surface area contributed by atoms with Gasteiger partial charge in [-0.2, -0.15) is 0 Å². The molecule has 1 amide bonds. The second kappa shape index (κ2) is 9.80. The Morgan fingerprint density at radius 3 is 2.45 bits per heavy atom. The molecule has 1 fully saturated rings. The molecule has 1 aromatic rings. The van der Waals surface area contributed by atoms with Crippen LogP contribution >= 0.6 is 0 Å². The van der Waals surface area contributed by atoms with Gasteiger partial charge in [0.25, 0.3) is 11.7 Å². The Bertz CT molecular complexity index is 759. The van der Waals surface area contributed by atoms with Crippen LogP contribution in [0.1, 0.15) is 48.5 Å². The van der Waals surface area contributed by atoms with Crippen LogP contribution in [-0.4, -0.2) is 53.1 Å². The van der Waals surface area contributed by atoms with Crippen molar-refractivity contribution in [3.8, 4) is 0 Å². The van der Waals surface area contributed by atoms with Crippen LogP contribution in [0.25, 0.3) is 0 Å². The standard InChI is InChI=1S/C20H26FNO7/c1-12-7-8-14(9-15(12)21)17(23)22-16(18(24)25)6-4-3-5-13-10-28-20(2,19(26)27)29-11-13/h7-9,13,16H,3-6,10-11H2,1-2H3,(H,22,23)(H,24,25)(H,26,27). The van der Waals surface area contributed by atoms with E-state index in [1.165, 1.54) is 19.1 Å². The van der Waals surface area contributed by atoms with Gasteiger partial charge >= 0.3 is 11.9 Å². The number of rotatable bonds is 9. The second-order valence-electron chi connectivity index (χ2n) is 7.35. The van der Waals surface area contributed by atoms with Gasteiger partial charge in [0.2, 0.25) is 0 Å². The van der Waals surface area contributed by atoms with Crippen LogP contribution in [0.5, 0.6) is 0 Å². The number of hydrogen-bond acceptors (Lipinski definition) is 5. The average Bonchev–Trinajstić information content (AvgIpc) is 2.67. The lowest BCUT2D eigenvalue weighted by Crippen LogP contribution is -2.47. The van der Waals surface area contributed by atoms with Gasteiger partial charge in [0.05, 0.1) is 13.2 Å². The third-order valence-electron chi connectivity index (χ3n) is 4.97. The number of nitrogens with one attached hydrogen (secondary N) is 1. The highest BCUT2D eigenvalue weighted by atomic mass is 19.1. The molecular formula is C20H26FNO7. The Morgan fingerprint density at radius 1 is 1.24 bits per heavy atom. The zero-order chi connectivity index (χ0) is 21.6. The normalized spacial score (nSPS) is 22.7. The summed E-state index contributed by atoms with van der Waals surface area (Å²) in [6, 6.07) is 2.91. The van der Waals surface area contributed by atoms with Crippen LogP contribution in [0.3, 0.4) is 0 Å². The molecule has 1 heterocycles. The first-order valence-electron chi connectivity index (χ1n) is 9.43. The molecular weight excluding hydrogens is 385 g/mol. The van der Waals surface area contributed by atoms with Gasteiger partial charge in [-0.3, -0.25) is 4.79 Å². The molecule has 160 valence electrons. The molecule has 1 saturated heterocycles. The van der Waals surface area contributed by atoms with Crippen LogP contribution in [-0.2, 0) is 19.1 Å². The summed E-state index contributed by atoms with van der Waals surface area (Å²) in [6.07, 6.45) is 2.10. The van der Waals surface area contributed by atoms with Crippen LogP contribution in [0.2, 0.25) is 0 Å². The fourth-order valence-electron chi connectivity index (χ4n) is 2.95. The van der Waals surface area contributed by atoms with Crippen molar-refractivity contribution >= 4 is 17.8 Å². The lowest BCUT2D eigenvalue weighted by atomic mass is 9.99. The van der Waals surface area contributed by atoms with Crippen molar-refractivity contribution in [2.24, 2.45) is 5.92 Å². The van der Waals surface area contributed by atoms with Crippen molar-refractivity contribution < 1.29 is 38.5 Å². The van der Waals surface area contributed by atoms with E-state index in [1.807, 2.05) is 0 Å². The third-order valence-corrected chi connectivity index (χ3v) is 4.97. The summed E-state index contributed by atoms with van der Waals surface area (Å²) < 4.78 is 24.1. The zero-order valence-electron chi connectivity index (χ0n) is 16.4. The maximum absolute atomic E-state index is 13.6. The highest BCUT2D eigenvalue weighted by molar-refractivity contribution is 5.96. The van der Waals surface area contributed by atoms with Crippen LogP contribution < -0.4 is 5.32 Å². The van der Waals surface area contributed by atoms with E-state index in [9.17, 15) is 23.9 Å². The van der Waals surface area contributed by atoms with Crippen molar-refractivity contribution in [1.29, 1.82) is 0 Å². The Labute approximate surface area is 168 Å². The van der Waals surface area contributed by atoms with Crippen molar-refractivity contribution in [2.75, 3.05) is 13.2 Å². The number of benzene rings is 1. The summed E-state index contributed by atoms with van der Waals surface area (Å²) in [5.41, 5.74) is 0.466. The smallest absolute Gasteiger partial charge is 0.364 e. The summed E-state index contributed by atoms with van der Waals surface area (Å²) in [5.74, 6) is -5.10. The third kappa shape index (κ3) is 6.23. The van der Waals surface area contributed by atoms with E-state index in [1.54, 1.807) is 6.92 Å². The molecule has 2 rings (SSSR count). The van der Waals surface area contributed by atoms with Crippen molar-refractivity contribution in [1.82, 2.24) is 5.32 Å². The Hall–Kier alpha value is -2.52. The first kappa shape index (κ1) is 22.8. The molecule has 0 aromatic heterocycles. The van der Waals surface area contributed by atoms with Crippen LogP contribution in [0, 0.1) is 18.7 Å². The minimum atomic E-state index is -1.62. The molecule has 1 unspecified atom stereocenters. The van der Waals surface area contributed by atoms with E-state index in [0.717, 1.165) is 6.07 Å². The van der Waals surface area contributed by atoms with E-state index in [-0.39, 0.29) is 31.1 Å². The number of unbranched alkanes of at least 4 members (excludes halogenated alkanes) is 1. The van der Waals surface area contributed by atoms with E-state index >= 15 is 0 Å². The van der Waals surface area contributed by atoms with Gasteiger partial charge in [-0.1, -0.05) is 18.9 Å². The number of carboxylic acid groups (broad SMARTS) is 2. The number of ether oxygens (including phenoxy) is 2. The lowest BCUT2D eigenvalue weighted by molar-refractivity contribution is -0.271. The van der Waals surface area contributed by atoms with Gasteiger partial charge in [0.15, 0.2) is 0 Å². The Balaban J connectivity index is 1.77. The summed E-state index contributed by atoms with van der Waals surface area (Å²) in [5, 5.41) is 20.8. The first-order chi connectivity index (χ1) is 13.6. The number of carbonyl (C=O) groups is 3. The topological polar surface area (TPSA) is 122 Å². The quantitative estimate of drug-likeness (QED) is 0.533. The monoisotopic (exact) mass is 411 g/mol. The largest absolute Gasteiger partial charge is 0.480 e. The number of halogens is 1. The summed E-state index contributed by atoms with van der Waals surface area (Å²) in [4.78, 5) is 34.7. The minimum Gasteiger partial charge on any atom is -0.480 e. The van der Waals surface area contributed by atoms with Crippen molar-refractivity contribution in [3.63, 3.8) is 0 Å². The van der Waals surface area contributed by atoms with E-state index in [0.29, 0.717) is 24.8 Å². The molecule has 3 N–H and O–H groups in total. The van der Waals surface area contributed by atoms with Gasteiger partial charge in [-0.25, -0.2) is 14.0 Å². The molecule has 0 radical (unpaired) electrons. The van der Waals surface area contributed by atoms with Gasteiger partial charge < -0.3 is 25.0 Å². The summed E-state index contributed by atoms with van der Waals surface area (Å²) in [6.45, 7) is 3.43. The van der Waals surface area contributed by atoms with Crippen LogP contribution in [0.4, 0.5) is 4.39 Å². The molecule has 1 atom stereocenters. The average molecular weight is 411 g/mol. The molecule has 29 heavy (non-hydrogen) atoms. The molecule has 8 nitrogen and oxygen atoms in total. The highest BCUT2D eigenvalue weighted by Crippen LogP contribution is 2.24. The minimum absolute atomic E-state index is 0.0239. The van der Waals surface area contributed by atoms with E-state index in [4.69, 9.17) is 14.6 Å². The molecule has 1 aromatic carbocycles. The number of amides is 1. The summed E-state index contributed by atoms with van der Waals surface area (Å²) >= 11 is 0. The molecule has 0 bridgehead atoms. The van der Waals surface area contributed by atoms with E-state index < -0.39 is 35.5 Å². The fraction of sp³-hybridized carbons (Fsp3) is 0.550. The van der Waals surface area contributed by atoms with Gasteiger partial charge in [0, 0.05) is 18.4 Å². The van der Waals surface area contributed by atoms with Crippen molar-refractivity contribution in [3.05, 3.63) is 35.1 Å². The molecule has 0 saturated carbocycles. The molecule has 1 aliphatic heterocycles. The Kier molecular flexibility index (Phi) is 7.69. The number of carboxylic acids is 2. The SMILES string of the molecule is Cc1ccc(C(=O)NC(CCCCC2COC(C)(C(=O)O)OC2)C(=O)O)cc1F. The second-order valence-corrected chi connectivity index (χ2v) is 7.35. The van der Waals surface area contributed by atoms with Gasteiger partial charge in [-0.05, 0) is 37.5 Å². The fourth-order valence-corrected chi connectivity index (χ4v) is 2.95. The number of aliphatic carboxylic acids is 2. The number of aryl methyl sites for hydroxylation is 1. The van der Waals surface area contributed by atoms with Gasteiger partial charge in [-0.15, -0.1) is 0 Å². The maximum atomic E-state index is 13.6. The molecule has 0 spiro atoms. The number of hydrogen-bond donors (Lipinski definition) is 3. The molecule has 1 aliphatic rings. The Morgan fingerprint density at radius 2 is 1.90 bits per heavy atom. The van der Waals surface area contributed by atoms with Crippen LogP contribution in [0.15, 0.2) is 18.2 Å². The number of carbonyl (C=O) groups excluding carboxylic acids is 1. The predicted molar refractivity (Wildman–Crippen MR) is 99.9 cm³/mol. The van der Waals surface area contributed by atoms with Gasteiger partial charge in [0.1, 0.15) is 11.9 Å². The predicted octanol–water partition coefficient (Wildman–Crippen LogP) is 2.34. The highest BCUT2D eigenvalue weighted by Gasteiger charge is 2.40.